The number of hydrogen-bond acceptors (Lipinski definition) is 4. The fraction of sp³-hybridized carbons (Fsp3) is 0.167. The van der Waals surface area contributed by atoms with Crippen molar-refractivity contribution in [2.24, 2.45) is 0 Å². The van der Waals surface area contributed by atoms with E-state index in [9.17, 15) is 9.59 Å². The van der Waals surface area contributed by atoms with Crippen LogP contribution in [0.5, 0.6) is 0 Å². The Bertz CT molecular complexity index is 966. The van der Waals surface area contributed by atoms with Crippen LogP contribution < -0.4 is 10.6 Å². The fourth-order valence-electron chi connectivity index (χ4n) is 2.50. The van der Waals surface area contributed by atoms with Gasteiger partial charge in [0.15, 0.2) is 0 Å². The number of amides is 2. The predicted octanol–water partition coefficient (Wildman–Crippen LogP) is 4.52. The fourth-order valence-corrected chi connectivity index (χ4v) is 2.77. The number of benzene rings is 2. The molecule has 3 aromatic rings. The lowest BCUT2D eigenvalue weighted by Crippen LogP contribution is -2.14. The average Bonchev–Trinajstić information content (AvgIpc) is 2.99. The number of nitrogens with zero attached hydrogens (tertiary/aromatic N) is 1. The van der Waals surface area contributed by atoms with Crippen LogP contribution in [0.1, 0.15) is 13.8 Å². The van der Waals surface area contributed by atoms with E-state index in [-0.39, 0.29) is 12.5 Å². The molecule has 0 radical (unpaired) electrons. The van der Waals surface area contributed by atoms with Crippen LogP contribution in [0.4, 0.5) is 16.2 Å². The zero-order valence-corrected chi connectivity index (χ0v) is 15.8. The number of hydrogen-bond donors (Lipinski definition) is 3. The van der Waals surface area contributed by atoms with E-state index >= 15 is 0 Å². The number of nitrogens with one attached hydrogen (secondary N) is 3. The van der Waals surface area contributed by atoms with Crippen molar-refractivity contribution < 1.29 is 14.3 Å². The highest BCUT2D eigenvalue weighted by Crippen LogP contribution is 2.30. The van der Waals surface area contributed by atoms with E-state index in [1.165, 1.54) is 6.92 Å². The van der Waals surface area contributed by atoms with Crippen molar-refractivity contribution in [3.8, 4) is 11.4 Å². The van der Waals surface area contributed by atoms with Gasteiger partial charge >= 0.3 is 6.09 Å². The van der Waals surface area contributed by atoms with Crippen LogP contribution in [0.25, 0.3) is 22.4 Å². The Morgan fingerprint density at radius 3 is 2.58 bits per heavy atom. The van der Waals surface area contributed by atoms with Gasteiger partial charge in [-0.15, -0.1) is 0 Å². The third kappa shape index (κ3) is 4.02. The molecular formula is C18H17BrN4O3. The predicted molar refractivity (Wildman–Crippen MR) is 104 cm³/mol. The Hall–Kier alpha value is -2.87. The molecule has 0 unspecified atom stereocenters. The highest BCUT2D eigenvalue weighted by molar-refractivity contribution is 9.10. The van der Waals surface area contributed by atoms with E-state index in [0.717, 1.165) is 10.0 Å². The minimum Gasteiger partial charge on any atom is -0.450 e. The second-order valence-electron chi connectivity index (χ2n) is 5.54. The molecule has 26 heavy (non-hydrogen) atoms. The van der Waals surface area contributed by atoms with Gasteiger partial charge in [-0.2, -0.15) is 0 Å². The van der Waals surface area contributed by atoms with Crippen LogP contribution in [0.3, 0.4) is 0 Å². The third-order valence-corrected chi connectivity index (χ3v) is 4.07. The second kappa shape index (κ2) is 7.57. The lowest BCUT2D eigenvalue weighted by Gasteiger charge is -2.08. The molecule has 0 aliphatic heterocycles. The first-order valence-electron chi connectivity index (χ1n) is 7.97. The van der Waals surface area contributed by atoms with Gasteiger partial charge in [0.2, 0.25) is 5.91 Å². The van der Waals surface area contributed by atoms with E-state index in [1.54, 1.807) is 19.1 Å². The van der Waals surface area contributed by atoms with Gasteiger partial charge in [-0.25, -0.2) is 9.78 Å². The van der Waals surface area contributed by atoms with Crippen LogP contribution in [0.2, 0.25) is 0 Å². The summed E-state index contributed by atoms with van der Waals surface area (Å²) in [7, 11) is 0. The molecule has 0 bridgehead atoms. The lowest BCUT2D eigenvalue weighted by molar-refractivity contribution is -0.114. The van der Waals surface area contributed by atoms with Crippen LogP contribution in [0.15, 0.2) is 40.9 Å². The number of fused-ring (bicyclic) bond motifs is 1. The average molecular weight is 417 g/mol. The molecule has 1 aromatic heterocycles. The highest BCUT2D eigenvalue weighted by Gasteiger charge is 2.13. The number of carbonyl (C=O) groups is 2. The summed E-state index contributed by atoms with van der Waals surface area (Å²) in [6, 6.07) is 11.1. The highest BCUT2D eigenvalue weighted by atomic mass is 79.9. The van der Waals surface area contributed by atoms with Gasteiger partial charge in [0.1, 0.15) is 11.3 Å². The lowest BCUT2D eigenvalue weighted by atomic mass is 10.2. The summed E-state index contributed by atoms with van der Waals surface area (Å²) in [5.41, 5.74) is 3.18. The summed E-state index contributed by atoms with van der Waals surface area (Å²) in [6.45, 7) is 3.41. The molecule has 134 valence electrons. The number of H-pyrrole nitrogens is 1. The van der Waals surface area contributed by atoms with Crippen molar-refractivity contribution in [2.75, 3.05) is 17.2 Å². The van der Waals surface area contributed by atoms with Crippen molar-refractivity contribution in [1.29, 1.82) is 0 Å². The van der Waals surface area contributed by atoms with Crippen molar-refractivity contribution in [1.82, 2.24) is 9.97 Å². The number of carbonyl (C=O) groups excluding carboxylic acids is 2. The molecular weight excluding hydrogens is 400 g/mol. The van der Waals surface area contributed by atoms with Crippen molar-refractivity contribution >= 4 is 50.3 Å². The van der Waals surface area contributed by atoms with Crippen molar-refractivity contribution in [3.63, 3.8) is 0 Å². The third-order valence-electron chi connectivity index (χ3n) is 3.54. The Kier molecular flexibility index (Phi) is 5.22. The molecule has 2 amide bonds. The Morgan fingerprint density at radius 2 is 1.92 bits per heavy atom. The number of rotatable bonds is 4. The molecule has 7 nitrogen and oxygen atoms in total. The molecule has 3 rings (SSSR count). The van der Waals surface area contributed by atoms with E-state index in [0.29, 0.717) is 28.2 Å². The summed E-state index contributed by atoms with van der Waals surface area (Å²) in [4.78, 5) is 31.0. The molecule has 0 aliphatic carbocycles. The number of anilines is 2. The van der Waals surface area contributed by atoms with Crippen LogP contribution in [-0.2, 0) is 9.53 Å². The zero-order valence-electron chi connectivity index (χ0n) is 14.2. The van der Waals surface area contributed by atoms with Crippen LogP contribution >= 0.6 is 15.9 Å². The summed E-state index contributed by atoms with van der Waals surface area (Å²) in [5.74, 6) is 0.431. The number of imidazole rings is 1. The van der Waals surface area contributed by atoms with E-state index in [4.69, 9.17) is 4.74 Å². The Morgan fingerprint density at radius 1 is 1.19 bits per heavy atom. The number of aromatic nitrogens is 2. The number of ether oxygens (including phenoxy) is 1. The molecule has 0 saturated carbocycles. The molecule has 2 aromatic carbocycles. The summed E-state index contributed by atoms with van der Waals surface area (Å²) in [5, 5.41) is 5.38. The molecule has 0 fully saturated rings. The maximum atomic E-state index is 11.7. The monoisotopic (exact) mass is 416 g/mol. The Balaban J connectivity index is 2.05. The van der Waals surface area contributed by atoms with E-state index in [2.05, 4.69) is 36.5 Å². The zero-order chi connectivity index (χ0) is 18.7. The molecule has 0 atom stereocenters. The van der Waals surface area contributed by atoms with Gasteiger partial charge < -0.3 is 15.0 Å². The molecule has 0 spiro atoms. The first kappa shape index (κ1) is 17.9. The normalized spacial score (nSPS) is 10.6. The number of halogens is 1. The van der Waals surface area contributed by atoms with Gasteiger partial charge in [0, 0.05) is 22.6 Å². The standard InChI is InChI=1S/C18H17BrN4O3/c1-3-26-18(25)21-13-8-14(20-10(2)24)16-15(9-13)22-17(23-16)11-4-6-12(19)7-5-11/h4-9H,3H2,1-2H3,(H,20,24)(H,21,25)(H,22,23). The van der Waals surface area contributed by atoms with Crippen LogP contribution in [-0.4, -0.2) is 28.6 Å². The number of aromatic amines is 1. The van der Waals surface area contributed by atoms with E-state index in [1.807, 2.05) is 24.3 Å². The van der Waals surface area contributed by atoms with Crippen molar-refractivity contribution in [3.05, 3.63) is 40.9 Å². The molecule has 0 aliphatic rings. The maximum Gasteiger partial charge on any atom is 0.411 e. The quantitative estimate of drug-likeness (QED) is 0.582. The SMILES string of the molecule is CCOC(=O)Nc1cc(NC(C)=O)c2nc(-c3ccc(Br)cc3)[nH]c2c1. The first-order chi connectivity index (χ1) is 12.5. The van der Waals surface area contributed by atoms with Gasteiger partial charge in [0.05, 0.1) is 17.8 Å². The van der Waals surface area contributed by atoms with E-state index < -0.39 is 6.09 Å². The first-order valence-corrected chi connectivity index (χ1v) is 8.76. The second-order valence-corrected chi connectivity index (χ2v) is 6.45. The molecule has 1 heterocycles. The maximum absolute atomic E-state index is 11.7. The van der Waals surface area contributed by atoms with Crippen LogP contribution in [0, 0.1) is 0 Å². The molecule has 0 saturated heterocycles. The molecule has 3 N–H and O–H groups in total. The minimum atomic E-state index is -0.562. The van der Waals surface area contributed by atoms with Gasteiger partial charge in [-0.3, -0.25) is 10.1 Å². The molecule has 8 heteroatoms. The summed E-state index contributed by atoms with van der Waals surface area (Å²) in [6.07, 6.45) is -0.562. The smallest absolute Gasteiger partial charge is 0.411 e. The Labute approximate surface area is 158 Å². The van der Waals surface area contributed by atoms with Gasteiger partial charge in [-0.05, 0) is 31.2 Å². The summed E-state index contributed by atoms with van der Waals surface area (Å²) >= 11 is 3.41. The summed E-state index contributed by atoms with van der Waals surface area (Å²) < 4.78 is 5.87. The minimum absolute atomic E-state index is 0.229. The van der Waals surface area contributed by atoms with Crippen molar-refractivity contribution in [2.45, 2.75) is 13.8 Å². The topological polar surface area (TPSA) is 96.1 Å². The van der Waals surface area contributed by atoms with Gasteiger partial charge in [0.25, 0.3) is 0 Å². The van der Waals surface area contributed by atoms with Gasteiger partial charge in [-0.1, -0.05) is 28.1 Å². The largest absolute Gasteiger partial charge is 0.450 e.